The third-order valence-electron chi connectivity index (χ3n) is 5.28. The number of phenolic OH excluding ortho intramolecular Hbond substituents is 1. The van der Waals surface area contributed by atoms with Gasteiger partial charge in [-0.3, -0.25) is 0 Å². The molecule has 3 heteroatoms. The van der Waals surface area contributed by atoms with Crippen molar-refractivity contribution in [3.63, 3.8) is 0 Å². The molecule has 0 amide bonds. The molecular weight excluding hydrogens is 252 g/mol. The fraction of sp³-hybridized carbons (Fsp3) is 0.588. The predicted molar refractivity (Wildman–Crippen MR) is 76.5 cm³/mol. The normalized spacial score (nSPS) is 34.1. The molecule has 0 aliphatic heterocycles. The lowest BCUT2D eigenvalue weighted by atomic mass is 9.71. The van der Waals surface area contributed by atoms with Gasteiger partial charge in [0.05, 0.1) is 5.56 Å². The Morgan fingerprint density at radius 1 is 1.35 bits per heavy atom. The van der Waals surface area contributed by atoms with Crippen molar-refractivity contribution in [2.75, 3.05) is 0 Å². The Morgan fingerprint density at radius 2 is 2.10 bits per heavy atom. The first-order valence-corrected chi connectivity index (χ1v) is 7.30. The summed E-state index contributed by atoms with van der Waals surface area (Å²) in [5.41, 5.74) is 0.902. The van der Waals surface area contributed by atoms with E-state index >= 15 is 0 Å². The summed E-state index contributed by atoms with van der Waals surface area (Å²) in [6.07, 6.45) is 3.24. The van der Waals surface area contributed by atoms with Crippen LogP contribution >= 0.6 is 0 Å². The minimum Gasteiger partial charge on any atom is -0.508 e. The fourth-order valence-electron chi connectivity index (χ4n) is 4.31. The summed E-state index contributed by atoms with van der Waals surface area (Å²) in [6, 6.07) is 6.36. The van der Waals surface area contributed by atoms with Crippen LogP contribution in [0.3, 0.4) is 0 Å². The van der Waals surface area contributed by atoms with Gasteiger partial charge in [-0.15, -0.1) is 0 Å². The van der Waals surface area contributed by atoms with E-state index in [4.69, 9.17) is 4.74 Å². The number of rotatable bonds is 2. The van der Waals surface area contributed by atoms with Gasteiger partial charge in [0, 0.05) is 5.41 Å². The molecule has 2 fully saturated rings. The van der Waals surface area contributed by atoms with E-state index in [9.17, 15) is 9.90 Å². The molecule has 20 heavy (non-hydrogen) atoms. The molecule has 0 spiro atoms. The van der Waals surface area contributed by atoms with Crippen molar-refractivity contribution in [3.05, 3.63) is 29.8 Å². The lowest BCUT2D eigenvalue weighted by molar-refractivity contribution is -0.0221. The number of aromatic hydroxyl groups is 1. The second-order valence-corrected chi connectivity index (χ2v) is 7.40. The summed E-state index contributed by atoms with van der Waals surface area (Å²) >= 11 is 0. The van der Waals surface area contributed by atoms with Crippen molar-refractivity contribution >= 4 is 5.97 Å². The van der Waals surface area contributed by atoms with Crippen LogP contribution in [-0.4, -0.2) is 17.2 Å². The highest BCUT2D eigenvalue weighted by Crippen LogP contribution is 2.63. The Balaban J connectivity index is 1.73. The lowest BCUT2D eigenvalue weighted by Gasteiger charge is -2.38. The topological polar surface area (TPSA) is 46.5 Å². The Bertz CT molecular complexity index is 549. The van der Waals surface area contributed by atoms with Crippen molar-refractivity contribution in [2.24, 2.45) is 16.7 Å². The number of phenols is 1. The maximum absolute atomic E-state index is 12.2. The quantitative estimate of drug-likeness (QED) is 0.835. The van der Waals surface area contributed by atoms with E-state index in [1.807, 2.05) is 0 Å². The average molecular weight is 274 g/mol. The van der Waals surface area contributed by atoms with Crippen LogP contribution in [-0.2, 0) is 4.74 Å². The van der Waals surface area contributed by atoms with E-state index in [0.29, 0.717) is 16.9 Å². The second-order valence-electron chi connectivity index (χ2n) is 7.40. The van der Waals surface area contributed by atoms with Crippen molar-refractivity contribution in [2.45, 2.75) is 46.1 Å². The van der Waals surface area contributed by atoms with E-state index in [1.54, 1.807) is 18.2 Å². The minimum absolute atomic E-state index is 0.00961. The zero-order valence-corrected chi connectivity index (χ0v) is 12.3. The van der Waals surface area contributed by atoms with Gasteiger partial charge in [0.15, 0.2) is 0 Å². The molecule has 3 rings (SSSR count). The van der Waals surface area contributed by atoms with Gasteiger partial charge in [-0.05, 0) is 48.8 Å². The van der Waals surface area contributed by atoms with Gasteiger partial charge in [0.25, 0.3) is 0 Å². The molecule has 3 atom stereocenters. The number of carbonyl (C=O) groups excluding carboxylic acids is 1. The molecule has 1 aromatic carbocycles. The molecule has 0 aromatic heterocycles. The van der Waals surface area contributed by atoms with Crippen LogP contribution in [0.25, 0.3) is 0 Å². The Labute approximate surface area is 120 Å². The summed E-state index contributed by atoms with van der Waals surface area (Å²) < 4.78 is 5.73. The molecule has 2 aliphatic rings. The summed E-state index contributed by atoms with van der Waals surface area (Å²) in [4.78, 5) is 12.2. The lowest BCUT2D eigenvalue weighted by Crippen LogP contribution is -2.37. The maximum Gasteiger partial charge on any atom is 0.338 e. The number of carbonyl (C=O) groups is 1. The molecular formula is C17H22O3. The molecule has 2 saturated carbocycles. The SMILES string of the molecule is CC1(C)C[C@]2(C)C[C@@H]1C[C@@H]2OC(=O)c1cccc(O)c1. The van der Waals surface area contributed by atoms with Gasteiger partial charge < -0.3 is 9.84 Å². The van der Waals surface area contributed by atoms with Crippen LogP contribution in [0.4, 0.5) is 0 Å². The van der Waals surface area contributed by atoms with E-state index < -0.39 is 0 Å². The molecule has 0 radical (unpaired) electrons. The molecule has 0 heterocycles. The number of ether oxygens (including phenoxy) is 1. The van der Waals surface area contributed by atoms with Crippen LogP contribution in [0.15, 0.2) is 24.3 Å². The van der Waals surface area contributed by atoms with Crippen LogP contribution in [0, 0.1) is 16.7 Å². The number of benzene rings is 1. The van der Waals surface area contributed by atoms with Crippen LogP contribution in [0.2, 0.25) is 0 Å². The largest absolute Gasteiger partial charge is 0.508 e. The highest BCUT2D eigenvalue weighted by Gasteiger charge is 2.58. The third-order valence-corrected chi connectivity index (χ3v) is 5.28. The second kappa shape index (κ2) is 4.24. The highest BCUT2D eigenvalue weighted by atomic mass is 16.5. The molecule has 2 aliphatic carbocycles. The smallest absolute Gasteiger partial charge is 0.338 e. The fourth-order valence-corrected chi connectivity index (χ4v) is 4.31. The van der Waals surface area contributed by atoms with Gasteiger partial charge in [0.1, 0.15) is 11.9 Å². The minimum atomic E-state index is -0.322. The zero-order valence-electron chi connectivity index (χ0n) is 12.3. The van der Waals surface area contributed by atoms with Gasteiger partial charge in [-0.1, -0.05) is 26.8 Å². The number of hydrogen-bond acceptors (Lipinski definition) is 3. The van der Waals surface area contributed by atoms with Gasteiger partial charge in [-0.25, -0.2) is 4.79 Å². The summed E-state index contributed by atoms with van der Waals surface area (Å²) in [5, 5.41) is 9.44. The Kier molecular flexibility index (Phi) is 2.86. The number of esters is 1. The summed E-state index contributed by atoms with van der Waals surface area (Å²) in [7, 11) is 0. The Hall–Kier alpha value is -1.51. The predicted octanol–water partition coefficient (Wildman–Crippen LogP) is 3.76. The van der Waals surface area contributed by atoms with Gasteiger partial charge in [-0.2, -0.15) is 0 Å². The summed E-state index contributed by atoms with van der Waals surface area (Å²) in [5.74, 6) is 0.423. The molecule has 1 N–H and O–H groups in total. The zero-order chi connectivity index (χ0) is 14.5. The van der Waals surface area contributed by atoms with Gasteiger partial charge >= 0.3 is 5.97 Å². The number of fused-ring (bicyclic) bond motifs is 2. The highest BCUT2D eigenvalue weighted by molar-refractivity contribution is 5.90. The first-order valence-electron chi connectivity index (χ1n) is 7.30. The first kappa shape index (κ1) is 13.5. The molecule has 0 saturated heterocycles. The Morgan fingerprint density at radius 3 is 2.65 bits per heavy atom. The average Bonchev–Trinajstić information content (AvgIpc) is 2.77. The van der Waals surface area contributed by atoms with E-state index in [-0.39, 0.29) is 23.2 Å². The van der Waals surface area contributed by atoms with Crippen molar-refractivity contribution in [1.29, 1.82) is 0 Å². The van der Waals surface area contributed by atoms with Crippen molar-refractivity contribution in [3.8, 4) is 5.75 Å². The van der Waals surface area contributed by atoms with E-state index in [1.165, 1.54) is 6.07 Å². The number of hydrogen-bond donors (Lipinski definition) is 1. The van der Waals surface area contributed by atoms with Crippen molar-refractivity contribution < 1.29 is 14.6 Å². The standard InChI is InChI=1S/C17H22O3/c1-16(2)10-17(3)9-12(16)8-14(17)20-15(19)11-5-4-6-13(18)7-11/h4-7,12,14,18H,8-10H2,1-3H3/t12-,14-,17-/m0/s1. The van der Waals surface area contributed by atoms with Crippen molar-refractivity contribution in [1.82, 2.24) is 0 Å². The molecule has 2 bridgehead atoms. The van der Waals surface area contributed by atoms with Gasteiger partial charge in [0.2, 0.25) is 0 Å². The van der Waals surface area contributed by atoms with E-state index in [0.717, 1.165) is 19.3 Å². The molecule has 1 aromatic rings. The van der Waals surface area contributed by atoms with Crippen LogP contribution < -0.4 is 0 Å². The third kappa shape index (κ3) is 2.09. The van der Waals surface area contributed by atoms with Crippen LogP contribution in [0.1, 0.15) is 50.4 Å². The first-order chi connectivity index (χ1) is 9.30. The molecule has 108 valence electrons. The monoisotopic (exact) mass is 274 g/mol. The summed E-state index contributed by atoms with van der Waals surface area (Å²) in [6.45, 7) is 6.87. The van der Waals surface area contributed by atoms with Crippen LogP contribution in [0.5, 0.6) is 5.75 Å². The van der Waals surface area contributed by atoms with E-state index in [2.05, 4.69) is 20.8 Å². The molecule has 0 unspecified atom stereocenters. The molecule has 3 nitrogen and oxygen atoms in total. The maximum atomic E-state index is 12.2.